The van der Waals surface area contributed by atoms with E-state index in [-0.39, 0.29) is 0 Å². The first-order chi connectivity index (χ1) is 10.3. The SMILES string of the molecule is Cc1c(-c2csc3nnc(-c4ccccc4)n23)no[n+]1[O-]. The van der Waals surface area contributed by atoms with E-state index >= 15 is 0 Å². The molecule has 0 saturated heterocycles. The van der Waals surface area contributed by atoms with Gasteiger partial charge in [0.2, 0.25) is 10.7 Å². The van der Waals surface area contributed by atoms with E-state index in [1.165, 1.54) is 11.3 Å². The van der Waals surface area contributed by atoms with Gasteiger partial charge in [-0.1, -0.05) is 30.3 Å². The largest absolute Gasteiger partial charge is 0.359 e. The Balaban J connectivity index is 2.00. The molecule has 3 heterocycles. The maximum atomic E-state index is 11.4. The van der Waals surface area contributed by atoms with Crippen molar-refractivity contribution in [1.82, 2.24) is 19.8 Å². The fourth-order valence-corrected chi connectivity index (χ4v) is 3.00. The van der Waals surface area contributed by atoms with Gasteiger partial charge in [0.15, 0.2) is 5.82 Å². The van der Waals surface area contributed by atoms with Crippen molar-refractivity contribution in [3.8, 4) is 22.8 Å². The van der Waals surface area contributed by atoms with Crippen LogP contribution in [0.4, 0.5) is 0 Å². The van der Waals surface area contributed by atoms with Crippen LogP contribution < -0.4 is 4.90 Å². The zero-order valence-corrected chi connectivity index (χ0v) is 11.7. The normalized spacial score (nSPS) is 11.3. The van der Waals surface area contributed by atoms with E-state index in [9.17, 15) is 5.21 Å². The summed E-state index contributed by atoms with van der Waals surface area (Å²) in [5.41, 5.74) is 2.59. The predicted octanol–water partition coefficient (Wildman–Crippen LogP) is 2.05. The predicted molar refractivity (Wildman–Crippen MR) is 75.5 cm³/mol. The molecule has 0 aliphatic heterocycles. The molecule has 21 heavy (non-hydrogen) atoms. The van der Waals surface area contributed by atoms with Gasteiger partial charge >= 0.3 is 0 Å². The van der Waals surface area contributed by atoms with Crippen LogP contribution in [0.25, 0.3) is 27.7 Å². The molecule has 3 aromatic heterocycles. The second-order valence-electron chi connectivity index (χ2n) is 4.49. The molecule has 0 atom stereocenters. The molecule has 0 radical (unpaired) electrons. The number of aromatic nitrogens is 5. The van der Waals surface area contributed by atoms with E-state index in [4.69, 9.17) is 0 Å². The van der Waals surface area contributed by atoms with E-state index in [2.05, 4.69) is 20.0 Å². The highest BCUT2D eigenvalue weighted by atomic mass is 32.1. The maximum absolute atomic E-state index is 11.4. The Kier molecular flexibility index (Phi) is 2.51. The smallest absolute Gasteiger partial charge is 0.268 e. The molecular formula is C13H9N5O2S. The summed E-state index contributed by atoms with van der Waals surface area (Å²) < 4.78 is 6.53. The Morgan fingerprint density at radius 2 is 2.05 bits per heavy atom. The van der Waals surface area contributed by atoms with Crippen LogP contribution in [0.2, 0.25) is 0 Å². The molecular weight excluding hydrogens is 290 g/mol. The molecule has 0 aliphatic carbocycles. The Bertz CT molecular complexity index is 925. The second-order valence-corrected chi connectivity index (χ2v) is 5.33. The summed E-state index contributed by atoms with van der Waals surface area (Å²) >= 11 is 1.44. The van der Waals surface area contributed by atoms with Gasteiger partial charge in [-0.2, -0.15) is 0 Å². The van der Waals surface area contributed by atoms with Crippen molar-refractivity contribution in [2.75, 3.05) is 0 Å². The highest BCUT2D eigenvalue weighted by Crippen LogP contribution is 2.29. The summed E-state index contributed by atoms with van der Waals surface area (Å²) in [6.45, 7) is 1.66. The number of fused-ring (bicyclic) bond motifs is 1. The zero-order chi connectivity index (χ0) is 14.4. The van der Waals surface area contributed by atoms with Crippen molar-refractivity contribution >= 4 is 16.3 Å². The molecule has 4 rings (SSSR count). The molecule has 0 unspecified atom stereocenters. The fourth-order valence-electron chi connectivity index (χ4n) is 2.18. The number of rotatable bonds is 2. The van der Waals surface area contributed by atoms with Crippen LogP contribution in [-0.4, -0.2) is 19.8 Å². The molecule has 8 heteroatoms. The zero-order valence-electron chi connectivity index (χ0n) is 10.9. The number of hydrogen-bond donors (Lipinski definition) is 0. The van der Waals surface area contributed by atoms with Gasteiger partial charge in [-0.15, -0.1) is 21.5 Å². The van der Waals surface area contributed by atoms with Gasteiger partial charge in [0.05, 0.1) is 0 Å². The minimum Gasteiger partial charge on any atom is -0.359 e. The molecule has 0 spiro atoms. The van der Waals surface area contributed by atoms with Gasteiger partial charge in [0.1, 0.15) is 5.69 Å². The lowest BCUT2D eigenvalue weighted by atomic mass is 10.2. The van der Waals surface area contributed by atoms with Gasteiger partial charge in [0, 0.05) is 23.0 Å². The molecule has 4 aromatic rings. The van der Waals surface area contributed by atoms with E-state index in [1.54, 1.807) is 6.92 Å². The molecule has 7 nitrogen and oxygen atoms in total. The van der Waals surface area contributed by atoms with E-state index < -0.39 is 0 Å². The average molecular weight is 299 g/mol. The Hall–Kier alpha value is -2.74. The van der Waals surface area contributed by atoms with Crippen LogP contribution in [0.1, 0.15) is 5.69 Å². The standard InChI is InChI=1S/C13H9N5O2S/c1-8-11(16-20-18(8)19)10-7-21-13-15-14-12(17(10)13)9-5-3-2-4-6-9/h2-7H,1H3. The van der Waals surface area contributed by atoms with E-state index in [0.717, 1.165) is 16.2 Å². The van der Waals surface area contributed by atoms with Crippen LogP contribution in [0, 0.1) is 12.1 Å². The Morgan fingerprint density at radius 3 is 2.76 bits per heavy atom. The fraction of sp³-hybridized carbons (Fsp3) is 0.0769. The van der Waals surface area contributed by atoms with Crippen molar-refractivity contribution in [2.24, 2.45) is 0 Å². The molecule has 0 N–H and O–H groups in total. The number of hydrogen-bond acceptors (Lipinski definition) is 6. The summed E-state index contributed by atoms with van der Waals surface area (Å²) in [6, 6.07) is 9.74. The molecule has 0 fully saturated rings. The third-order valence-electron chi connectivity index (χ3n) is 3.25. The molecule has 0 amide bonds. The highest BCUT2D eigenvalue weighted by Gasteiger charge is 2.23. The van der Waals surface area contributed by atoms with Crippen molar-refractivity contribution in [3.05, 3.63) is 46.6 Å². The van der Waals surface area contributed by atoms with Crippen LogP contribution in [0.15, 0.2) is 40.3 Å². The Morgan fingerprint density at radius 1 is 1.24 bits per heavy atom. The monoisotopic (exact) mass is 299 g/mol. The molecule has 0 bridgehead atoms. The minimum absolute atomic E-state index is 0.394. The first kappa shape index (κ1) is 12.0. The van der Waals surface area contributed by atoms with Crippen molar-refractivity contribution < 1.29 is 9.53 Å². The second kappa shape index (κ2) is 4.38. The third-order valence-corrected chi connectivity index (χ3v) is 4.06. The molecule has 0 saturated carbocycles. The lowest BCUT2D eigenvalue weighted by molar-refractivity contribution is -0.806. The number of nitrogens with zero attached hydrogens (tertiary/aromatic N) is 5. The first-order valence-electron chi connectivity index (χ1n) is 6.20. The first-order valence-corrected chi connectivity index (χ1v) is 7.08. The topological polar surface area (TPSA) is 83.2 Å². The summed E-state index contributed by atoms with van der Waals surface area (Å²) in [5, 5.41) is 25.5. The lowest BCUT2D eigenvalue weighted by Gasteiger charge is -1.99. The van der Waals surface area contributed by atoms with Crippen molar-refractivity contribution in [2.45, 2.75) is 6.92 Å². The quantitative estimate of drug-likeness (QED) is 0.529. The summed E-state index contributed by atoms with van der Waals surface area (Å²) in [5.74, 6) is 0.710. The highest BCUT2D eigenvalue weighted by molar-refractivity contribution is 7.15. The minimum atomic E-state index is 0.394. The van der Waals surface area contributed by atoms with Crippen molar-refractivity contribution in [3.63, 3.8) is 0 Å². The van der Waals surface area contributed by atoms with Gasteiger partial charge < -0.3 is 5.21 Å². The van der Waals surface area contributed by atoms with Crippen LogP contribution >= 0.6 is 11.3 Å². The number of benzene rings is 1. The van der Waals surface area contributed by atoms with Gasteiger partial charge in [-0.3, -0.25) is 9.03 Å². The molecule has 104 valence electrons. The van der Waals surface area contributed by atoms with Gasteiger partial charge in [-0.25, -0.2) is 0 Å². The van der Waals surface area contributed by atoms with E-state index in [1.807, 2.05) is 40.1 Å². The molecule has 1 aromatic carbocycles. The summed E-state index contributed by atoms with van der Waals surface area (Å²) in [6.07, 6.45) is 0. The Labute approximate surface area is 122 Å². The van der Waals surface area contributed by atoms with Crippen LogP contribution in [0.3, 0.4) is 0 Å². The summed E-state index contributed by atoms with van der Waals surface area (Å²) in [4.78, 5) is 1.13. The lowest BCUT2D eigenvalue weighted by Crippen LogP contribution is -2.25. The third kappa shape index (κ3) is 1.73. The molecule has 0 aliphatic rings. The van der Waals surface area contributed by atoms with Crippen LogP contribution in [0.5, 0.6) is 0 Å². The van der Waals surface area contributed by atoms with Crippen LogP contribution in [-0.2, 0) is 0 Å². The average Bonchev–Trinajstić information content (AvgIpc) is 3.17. The van der Waals surface area contributed by atoms with E-state index in [0.29, 0.717) is 22.1 Å². The van der Waals surface area contributed by atoms with Gasteiger partial charge in [-0.05, 0) is 4.90 Å². The number of thiazole rings is 1. The summed E-state index contributed by atoms with van der Waals surface area (Å²) in [7, 11) is 0. The van der Waals surface area contributed by atoms with Gasteiger partial charge in [0.25, 0.3) is 5.69 Å². The maximum Gasteiger partial charge on any atom is 0.268 e. The van der Waals surface area contributed by atoms with Crippen molar-refractivity contribution in [1.29, 1.82) is 0 Å².